The van der Waals surface area contributed by atoms with Gasteiger partial charge in [-0.25, -0.2) is 4.79 Å². The van der Waals surface area contributed by atoms with Crippen LogP contribution in [0.1, 0.15) is 30.1 Å². The average Bonchev–Trinajstić information content (AvgIpc) is 3.06. The molecule has 1 fully saturated rings. The van der Waals surface area contributed by atoms with E-state index < -0.39 is 22.9 Å². The normalized spacial score (nSPS) is 14.4. The Hall–Kier alpha value is -4.08. The predicted octanol–water partition coefficient (Wildman–Crippen LogP) is 2.43. The van der Waals surface area contributed by atoms with Crippen LogP contribution in [-0.4, -0.2) is 34.7 Å². The van der Waals surface area contributed by atoms with Crippen molar-refractivity contribution < 1.29 is 28.8 Å². The number of benzene rings is 2. The van der Waals surface area contributed by atoms with Crippen molar-refractivity contribution in [3.8, 4) is 0 Å². The van der Waals surface area contributed by atoms with Crippen LogP contribution in [0, 0.1) is 10.1 Å². The number of nitrogens with one attached hydrogen (secondary N) is 1. The molecular weight excluding hydrogens is 394 g/mol. The van der Waals surface area contributed by atoms with Crippen molar-refractivity contribution in [2.45, 2.75) is 25.9 Å². The van der Waals surface area contributed by atoms with Gasteiger partial charge in [0.25, 0.3) is 11.6 Å². The molecule has 0 spiro atoms. The molecule has 3 amide bonds. The minimum Gasteiger partial charge on any atom is -0.449 e. The number of carbonyl (C=O) groups excluding carboxylic acids is 4. The second-order valence-corrected chi connectivity index (χ2v) is 6.51. The van der Waals surface area contributed by atoms with Crippen LogP contribution in [0.5, 0.6) is 0 Å². The van der Waals surface area contributed by atoms with Gasteiger partial charge in [0.2, 0.25) is 11.8 Å². The highest BCUT2D eigenvalue weighted by Gasteiger charge is 2.30. The minimum absolute atomic E-state index is 0.0787. The molecule has 2 aromatic carbocycles. The Morgan fingerprint density at radius 2 is 1.73 bits per heavy atom. The number of nitro groups is 1. The molecule has 0 aromatic heterocycles. The lowest BCUT2D eigenvalue weighted by Gasteiger charge is -2.16. The monoisotopic (exact) mass is 411 g/mol. The molecule has 0 saturated carbocycles. The van der Waals surface area contributed by atoms with E-state index in [1.54, 1.807) is 0 Å². The molecule has 1 aliphatic heterocycles. The summed E-state index contributed by atoms with van der Waals surface area (Å²) in [5, 5.41) is 13.2. The SMILES string of the molecule is CC(OC(=O)c1cccc(N2C(=O)CCC2=O)c1)C(=O)Nc1ccc([N+](=O)[O-])cc1. The van der Waals surface area contributed by atoms with Gasteiger partial charge in [0, 0.05) is 30.7 Å². The molecule has 0 radical (unpaired) electrons. The van der Waals surface area contributed by atoms with Crippen molar-refractivity contribution in [1.82, 2.24) is 0 Å². The first kappa shape index (κ1) is 20.6. The second kappa shape index (κ2) is 8.52. The zero-order valence-electron chi connectivity index (χ0n) is 15.9. The third kappa shape index (κ3) is 4.49. The molecule has 154 valence electrons. The Bertz CT molecular complexity index is 1020. The lowest BCUT2D eigenvalue weighted by atomic mass is 10.2. The largest absolute Gasteiger partial charge is 0.449 e. The molecule has 1 aliphatic rings. The molecule has 30 heavy (non-hydrogen) atoms. The lowest BCUT2D eigenvalue weighted by molar-refractivity contribution is -0.384. The van der Waals surface area contributed by atoms with E-state index in [-0.39, 0.29) is 41.6 Å². The fourth-order valence-corrected chi connectivity index (χ4v) is 2.83. The Kier molecular flexibility index (Phi) is 5.86. The second-order valence-electron chi connectivity index (χ2n) is 6.51. The molecule has 1 atom stereocenters. The fraction of sp³-hybridized carbons (Fsp3) is 0.200. The van der Waals surface area contributed by atoms with Crippen LogP contribution in [0.15, 0.2) is 48.5 Å². The van der Waals surface area contributed by atoms with Gasteiger partial charge in [-0.1, -0.05) is 6.07 Å². The van der Waals surface area contributed by atoms with E-state index in [0.29, 0.717) is 5.69 Å². The standard InChI is InChI=1S/C20H17N3O7/c1-12(19(26)21-14-5-7-15(8-6-14)23(28)29)30-20(27)13-3-2-4-16(11-13)22-17(24)9-10-18(22)25/h2-8,11-12H,9-10H2,1H3,(H,21,26). The Balaban J connectivity index is 1.64. The van der Waals surface area contributed by atoms with Gasteiger partial charge in [-0.2, -0.15) is 0 Å². The number of rotatable bonds is 6. The van der Waals surface area contributed by atoms with Crippen LogP contribution in [0.25, 0.3) is 0 Å². The van der Waals surface area contributed by atoms with Crippen LogP contribution in [-0.2, 0) is 19.1 Å². The van der Waals surface area contributed by atoms with Gasteiger partial charge >= 0.3 is 5.97 Å². The third-order valence-electron chi connectivity index (χ3n) is 4.39. The average molecular weight is 411 g/mol. The highest BCUT2D eigenvalue weighted by atomic mass is 16.6. The van der Waals surface area contributed by atoms with Crippen LogP contribution in [0.3, 0.4) is 0 Å². The number of nitro benzene ring substituents is 1. The molecule has 0 bridgehead atoms. The summed E-state index contributed by atoms with van der Waals surface area (Å²) in [4.78, 5) is 59.5. The Morgan fingerprint density at radius 3 is 2.33 bits per heavy atom. The van der Waals surface area contributed by atoms with Gasteiger partial charge < -0.3 is 10.1 Å². The van der Waals surface area contributed by atoms with Gasteiger partial charge in [0.1, 0.15) is 0 Å². The summed E-state index contributed by atoms with van der Waals surface area (Å²) in [5.41, 5.74) is 0.527. The highest BCUT2D eigenvalue weighted by molar-refractivity contribution is 6.20. The summed E-state index contributed by atoms with van der Waals surface area (Å²) in [6, 6.07) is 11.0. The topological polar surface area (TPSA) is 136 Å². The molecule has 1 N–H and O–H groups in total. The first-order chi connectivity index (χ1) is 14.3. The van der Waals surface area contributed by atoms with Crippen molar-refractivity contribution in [1.29, 1.82) is 0 Å². The van der Waals surface area contributed by atoms with E-state index in [1.165, 1.54) is 55.5 Å². The number of nitrogens with zero attached hydrogens (tertiary/aromatic N) is 2. The first-order valence-corrected chi connectivity index (χ1v) is 8.98. The van der Waals surface area contributed by atoms with Crippen molar-refractivity contribution in [2.75, 3.05) is 10.2 Å². The Labute approximate surface area is 170 Å². The zero-order chi connectivity index (χ0) is 21.8. The van der Waals surface area contributed by atoms with E-state index in [9.17, 15) is 29.3 Å². The Morgan fingerprint density at radius 1 is 1.10 bits per heavy atom. The number of imide groups is 1. The van der Waals surface area contributed by atoms with Crippen molar-refractivity contribution in [3.63, 3.8) is 0 Å². The smallest absolute Gasteiger partial charge is 0.338 e. The fourth-order valence-electron chi connectivity index (χ4n) is 2.83. The van der Waals surface area contributed by atoms with Crippen molar-refractivity contribution >= 4 is 40.8 Å². The first-order valence-electron chi connectivity index (χ1n) is 8.98. The summed E-state index contributed by atoms with van der Waals surface area (Å²) < 4.78 is 5.16. The van der Waals surface area contributed by atoms with Gasteiger partial charge in [-0.05, 0) is 37.3 Å². The molecule has 1 saturated heterocycles. The zero-order valence-corrected chi connectivity index (χ0v) is 15.9. The number of hydrogen-bond donors (Lipinski definition) is 1. The number of esters is 1. The van der Waals surface area contributed by atoms with Gasteiger partial charge in [0.05, 0.1) is 16.2 Å². The molecule has 10 heteroatoms. The van der Waals surface area contributed by atoms with Crippen LogP contribution in [0.2, 0.25) is 0 Å². The van der Waals surface area contributed by atoms with E-state index in [4.69, 9.17) is 4.74 Å². The van der Waals surface area contributed by atoms with E-state index in [2.05, 4.69) is 5.32 Å². The maximum atomic E-state index is 12.4. The van der Waals surface area contributed by atoms with Gasteiger partial charge in [-0.3, -0.25) is 29.4 Å². The van der Waals surface area contributed by atoms with Crippen LogP contribution < -0.4 is 10.2 Å². The molecule has 1 unspecified atom stereocenters. The van der Waals surface area contributed by atoms with E-state index in [1.807, 2.05) is 0 Å². The van der Waals surface area contributed by atoms with Gasteiger partial charge in [-0.15, -0.1) is 0 Å². The summed E-state index contributed by atoms with van der Waals surface area (Å²) >= 11 is 0. The van der Waals surface area contributed by atoms with Crippen LogP contribution >= 0.6 is 0 Å². The molecular formula is C20H17N3O7. The molecule has 3 rings (SSSR count). The molecule has 0 aliphatic carbocycles. The summed E-state index contributed by atoms with van der Waals surface area (Å²) in [6.45, 7) is 1.37. The number of amides is 3. The maximum absolute atomic E-state index is 12.4. The number of non-ortho nitro benzene ring substituents is 1. The van der Waals surface area contributed by atoms with Gasteiger partial charge in [0.15, 0.2) is 6.10 Å². The maximum Gasteiger partial charge on any atom is 0.338 e. The molecule has 10 nitrogen and oxygen atoms in total. The van der Waals surface area contributed by atoms with Crippen molar-refractivity contribution in [2.24, 2.45) is 0 Å². The highest BCUT2D eigenvalue weighted by Crippen LogP contribution is 2.24. The number of carbonyl (C=O) groups is 4. The molecule has 1 heterocycles. The van der Waals surface area contributed by atoms with E-state index >= 15 is 0 Å². The summed E-state index contributed by atoms with van der Waals surface area (Å²) in [5.74, 6) is -2.12. The number of ether oxygens (including phenoxy) is 1. The van der Waals surface area contributed by atoms with E-state index in [0.717, 1.165) is 4.90 Å². The number of anilines is 2. The quantitative estimate of drug-likeness (QED) is 0.334. The minimum atomic E-state index is -1.16. The van der Waals surface area contributed by atoms with Crippen molar-refractivity contribution in [3.05, 3.63) is 64.2 Å². The number of hydrogen-bond acceptors (Lipinski definition) is 7. The van der Waals surface area contributed by atoms with Crippen LogP contribution in [0.4, 0.5) is 17.1 Å². The predicted molar refractivity (Wildman–Crippen MR) is 105 cm³/mol. The molecule has 2 aromatic rings. The summed E-state index contributed by atoms with van der Waals surface area (Å²) in [6.07, 6.45) is -0.924. The lowest BCUT2D eigenvalue weighted by Crippen LogP contribution is -2.30. The summed E-state index contributed by atoms with van der Waals surface area (Å²) in [7, 11) is 0. The third-order valence-corrected chi connectivity index (χ3v) is 4.39.